The first kappa shape index (κ1) is 13.3. The molecule has 0 aliphatic rings. The fourth-order valence-corrected chi connectivity index (χ4v) is 2.21. The topological polar surface area (TPSA) is 12.0 Å². The summed E-state index contributed by atoms with van der Waals surface area (Å²) in [7, 11) is 2.08. The van der Waals surface area contributed by atoms with E-state index in [1.165, 1.54) is 31.4 Å². The summed E-state index contributed by atoms with van der Waals surface area (Å²) in [6.45, 7) is 6.80. The fourth-order valence-electron chi connectivity index (χ4n) is 1.26. The Kier molecular flexibility index (Phi) is 9.10. The van der Waals surface area contributed by atoms with E-state index in [-0.39, 0.29) is 0 Å². The molecule has 0 heterocycles. The summed E-state index contributed by atoms with van der Waals surface area (Å²) in [5.74, 6) is 1.26. The molecule has 1 nitrogen and oxygen atoms in total. The van der Waals surface area contributed by atoms with Crippen molar-refractivity contribution in [3.05, 3.63) is 0 Å². The van der Waals surface area contributed by atoms with Crippen molar-refractivity contribution in [3.8, 4) is 0 Å². The second-order valence-electron chi connectivity index (χ2n) is 3.86. The second-order valence-corrected chi connectivity index (χ2v) is 5.47. The van der Waals surface area contributed by atoms with Crippen LogP contribution in [0.4, 0.5) is 0 Å². The third-order valence-corrected chi connectivity index (χ3v) is 3.46. The first-order valence-electron chi connectivity index (χ1n) is 5.49. The monoisotopic (exact) mass is 203 g/mol. The Labute approximate surface area is 88.1 Å². The predicted octanol–water partition coefficient (Wildman–Crippen LogP) is 3.30. The molecule has 0 rings (SSSR count). The molecule has 0 radical (unpaired) electrons. The van der Waals surface area contributed by atoms with Gasteiger partial charge in [-0.1, -0.05) is 40.0 Å². The Morgan fingerprint density at radius 2 is 1.92 bits per heavy atom. The highest BCUT2D eigenvalue weighted by Crippen LogP contribution is 2.13. The van der Waals surface area contributed by atoms with Gasteiger partial charge >= 0.3 is 0 Å². The lowest BCUT2D eigenvalue weighted by molar-refractivity contribution is 0.531. The summed E-state index contributed by atoms with van der Waals surface area (Å²) < 4.78 is 0. The van der Waals surface area contributed by atoms with Crippen molar-refractivity contribution in [3.63, 3.8) is 0 Å². The summed E-state index contributed by atoms with van der Waals surface area (Å²) in [6, 6.07) is 0.721. The molecule has 0 aliphatic carbocycles. The van der Waals surface area contributed by atoms with Crippen molar-refractivity contribution >= 4 is 11.8 Å². The van der Waals surface area contributed by atoms with E-state index in [0.717, 1.165) is 11.3 Å². The summed E-state index contributed by atoms with van der Waals surface area (Å²) >= 11 is 2.06. The zero-order valence-corrected chi connectivity index (χ0v) is 10.4. The van der Waals surface area contributed by atoms with Crippen LogP contribution in [0.25, 0.3) is 0 Å². The Morgan fingerprint density at radius 3 is 2.38 bits per heavy atom. The highest BCUT2D eigenvalue weighted by molar-refractivity contribution is 7.99. The molecule has 2 heteroatoms. The minimum Gasteiger partial charge on any atom is -0.316 e. The van der Waals surface area contributed by atoms with Crippen LogP contribution in [0.1, 0.15) is 46.5 Å². The Morgan fingerprint density at radius 1 is 1.23 bits per heavy atom. The standard InChI is InChI=1S/C11H25NS/c1-5-6-7-8-11(12-4)9-13-10(2)3/h10-12H,5-9H2,1-4H3. The highest BCUT2D eigenvalue weighted by atomic mass is 32.2. The van der Waals surface area contributed by atoms with E-state index < -0.39 is 0 Å². The first-order valence-corrected chi connectivity index (χ1v) is 6.54. The van der Waals surface area contributed by atoms with E-state index in [4.69, 9.17) is 0 Å². The molecule has 0 aromatic carbocycles. The van der Waals surface area contributed by atoms with Crippen molar-refractivity contribution < 1.29 is 0 Å². The number of hydrogen-bond acceptors (Lipinski definition) is 2. The van der Waals surface area contributed by atoms with Gasteiger partial charge in [-0.15, -0.1) is 0 Å². The summed E-state index contributed by atoms with van der Waals surface area (Å²) in [4.78, 5) is 0. The lowest BCUT2D eigenvalue weighted by Crippen LogP contribution is -2.28. The molecule has 0 bridgehead atoms. The zero-order chi connectivity index (χ0) is 10.1. The first-order chi connectivity index (χ1) is 6.20. The molecule has 0 aliphatic heterocycles. The van der Waals surface area contributed by atoms with Gasteiger partial charge in [-0.25, -0.2) is 0 Å². The smallest absolute Gasteiger partial charge is 0.0155 e. The Hall–Kier alpha value is 0.310. The van der Waals surface area contributed by atoms with Crippen molar-refractivity contribution in [1.29, 1.82) is 0 Å². The molecule has 0 saturated heterocycles. The molecule has 13 heavy (non-hydrogen) atoms. The van der Waals surface area contributed by atoms with Crippen LogP contribution in [-0.4, -0.2) is 24.1 Å². The van der Waals surface area contributed by atoms with Gasteiger partial charge in [0.05, 0.1) is 0 Å². The van der Waals surface area contributed by atoms with E-state index in [1.807, 2.05) is 0 Å². The Balaban J connectivity index is 3.39. The van der Waals surface area contributed by atoms with Gasteiger partial charge in [0.2, 0.25) is 0 Å². The molecule has 1 unspecified atom stereocenters. The van der Waals surface area contributed by atoms with Gasteiger partial charge in [-0.3, -0.25) is 0 Å². The van der Waals surface area contributed by atoms with Crippen LogP contribution in [0.3, 0.4) is 0 Å². The van der Waals surface area contributed by atoms with E-state index in [9.17, 15) is 0 Å². The maximum Gasteiger partial charge on any atom is 0.0155 e. The van der Waals surface area contributed by atoms with Gasteiger partial charge in [-0.05, 0) is 18.7 Å². The van der Waals surface area contributed by atoms with Gasteiger partial charge in [0.25, 0.3) is 0 Å². The third-order valence-electron chi connectivity index (χ3n) is 2.20. The van der Waals surface area contributed by atoms with Crippen LogP contribution in [-0.2, 0) is 0 Å². The lowest BCUT2D eigenvalue weighted by atomic mass is 10.1. The number of unbranched alkanes of at least 4 members (excludes halogenated alkanes) is 2. The minimum atomic E-state index is 0.721. The van der Waals surface area contributed by atoms with Crippen molar-refractivity contribution in [2.75, 3.05) is 12.8 Å². The average molecular weight is 203 g/mol. The highest BCUT2D eigenvalue weighted by Gasteiger charge is 2.06. The number of rotatable bonds is 8. The van der Waals surface area contributed by atoms with Gasteiger partial charge in [0.1, 0.15) is 0 Å². The average Bonchev–Trinajstić information content (AvgIpc) is 2.10. The molecule has 80 valence electrons. The van der Waals surface area contributed by atoms with Gasteiger partial charge in [0, 0.05) is 11.8 Å². The van der Waals surface area contributed by atoms with Crippen LogP contribution >= 0.6 is 11.8 Å². The molecule has 1 N–H and O–H groups in total. The van der Waals surface area contributed by atoms with Gasteiger partial charge < -0.3 is 5.32 Å². The SMILES string of the molecule is CCCCCC(CSC(C)C)NC. The largest absolute Gasteiger partial charge is 0.316 e. The van der Waals surface area contributed by atoms with Crippen LogP contribution in [0.5, 0.6) is 0 Å². The van der Waals surface area contributed by atoms with Gasteiger partial charge in [0.15, 0.2) is 0 Å². The van der Waals surface area contributed by atoms with Crippen LogP contribution < -0.4 is 5.32 Å². The summed E-state index contributed by atoms with van der Waals surface area (Å²) in [5, 5.41) is 4.16. The maximum absolute atomic E-state index is 3.40. The molecule has 0 aromatic heterocycles. The van der Waals surface area contributed by atoms with Crippen molar-refractivity contribution in [2.24, 2.45) is 0 Å². The molecular weight excluding hydrogens is 178 g/mol. The molecule has 0 amide bonds. The van der Waals surface area contributed by atoms with Crippen LogP contribution in [0.2, 0.25) is 0 Å². The molecular formula is C11H25NS. The fraction of sp³-hybridized carbons (Fsp3) is 1.00. The summed E-state index contributed by atoms with van der Waals surface area (Å²) in [5.41, 5.74) is 0. The number of hydrogen-bond donors (Lipinski definition) is 1. The maximum atomic E-state index is 3.40. The van der Waals surface area contributed by atoms with E-state index in [2.05, 4.69) is 44.9 Å². The molecule has 1 atom stereocenters. The number of thioether (sulfide) groups is 1. The third kappa shape index (κ3) is 8.63. The minimum absolute atomic E-state index is 0.721. The quantitative estimate of drug-likeness (QED) is 0.608. The summed E-state index contributed by atoms with van der Waals surface area (Å²) in [6.07, 6.45) is 5.42. The van der Waals surface area contributed by atoms with Crippen molar-refractivity contribution in [1.82, 2.24) is 5.32 Å². The van der Waals surface area contributed by atoms with E-state index in [0.29, 0.717) is 0 Å². The molecule has 0 aromatic rings. The van der Waals surface area contributed by atoms with Crippen molar-refractivity contribution in [2.45, 2.75) is 57.7 Å². The second kappa shape index (κ2) is 8.89. The van der Waals surface area contributed by atoms with Crippen LogP contribution in [0, 0.1) is 0 Å². The predicted molar refractivity (Wildman–Crippen MR) is 64.6 cm³/mol. The zero-order valence-electron chi connectivity index (χ0n) is 9.60. The van der Waals surface area contributed by atoms with Gasteiger partial charge in [-0.2, -0.15) is 11.8 Å². The molecule has 0 saturated carbocycles. The molecule has 0 fully saturated rings. The normalized spacial score (nSPS) is 13.6. The molecule has 0 spiro atoms. The van der Waals surface area contributed by atoms with Crippen LogP contribution in [0.15, 0.2) is 0 Å². The Bertz CT molecular complexity index is 104. The number of nitrogens with one attached hydrogen (secondary N) is 1. The van der Waals surface area contributed by atoms with E-state index in [1.54, 1.807) is 0 Å². The van der Waals surface area contributed by atoms with E-state index >= 15 is 0 Å². The lowest BCUT2D eigenvalue weighted by Gasteiger charge is -2.16.